The van der Waals surface area contributed by atoms with E-state index < -0.39 is 10.0 Å². The number of hydrogen-bond acceptors (Lipinski definition) is 6. The number of anilines is 1. The monoisotopic (exact) mass is 421 g/mol. The normalized spacial score (nSPS) is 17.6. The van der Waals surface area contributed by atoms with E-state index in [1.54, 1.807) is 17.0 Å². The Kier molecular flexibility index (Phi) is 4.86. The molecule has 0 radical (unpaired) electrons. The van der Waals surface area contributed by atoms with Gasteiger partial charge in [0.05, 0.1) is 15.5 Å². The molecule has 2 aliphatic rings. The lowest BCUT2D eigenvalue weighted by Gasteiger charge is -2.34. The first-order valence-corrected chi connectivity index (χ1v) is 11.0. The molecule has 0 unspecified atom stereocenters. The molecule has 0 spiro atoms. The number of nitrogens with one attached hydrogen (secondary N) is 1. The van der Waals surface area contributed by atoms with Gasteiger partial charge in [0, 0.05) is 31.1 Å². The predicted molar refractivity (Wildman–Crippen MR) is 104 cm³/mol. The van der Waals surface area contributed by atoms with Gasteiger partial charge in [-0.25, -0.2) is 8.42 Å². The van der Waals surface area contributed by atoms with Gasteiger partial charge in [-0.15, -0.1) is 11.3 Å². The molecule has 2 aliphatic heterocycles. The van der Waals surface area contributed by atoms with Crippen LogP contribution in [0.1, 0.15) is 14.5 Å². The van der Waals surface area contributed by atoms with Crippen molar-refractivity contribution in [2.45, 2.75) is 11.8 Å². The first-order chi connectivity index (χ1) is 13.3. The fourth-order valence-electron chi connectivity index (χ4n) is 3.21. The Hall–Kier alpha value is -2.43. The van der Waals surface area contributed by atoms with Crippen LogP contribution in [0.3, 0.4) is 0 Å². The molecule has 3 heterocycles. The van der Waals surface area contributed by atoms with Crippen molar-refractivity contribution >= 4 is 38.9 Å². The summed E-state index contributed by atoms with van der Waals surface area (Å²) < 4.78 is 32.6. The highest BCUT2D eigenvalue weighted by Crippen LogP contribution is 2.31. The zero-order valence-electron chi connectivity index (χ0n) is 15.2. The smallest absolute Gasteiger partial charge is 0.264 e. The van der Waals surface area contributed by atoms with Crippen molar-refractivity contribution in [1.82, 2.24) is 9.21 Å². The molecule has 1 aromatic carbocycles. The summed E-state index contributed by atoms with van der Waals surface area (Å²) in [4.78, 5) is 27.5. The van der Waals surface area contributed by atoms with Gasteiger partial charge in [-0.2, -0.15) is 4.31 Å². The molecule has 0 aliphatic carbocycles. The molecular weight excluding hydrogens is 402 g/mol. The lowest BCUT2D eigenvalue weighted by Crippen LogP contribution is -2.50. The molecule has 1 saturated heterocycles. The standard InChI is InChI=1S/C18H19N3O5S2/c1-12-2-5-16(27-12)18(23)20-6-8-21(9-7-20)28(24,25)13-3-4-15-14(10-13)19-17(22)11-26-15/h2-5,10H,6-9,11H2,1H3,(H,19,22). The SMILES string of the molecule is Cc1ccc(C(=O)N2CCN(S(=O)(=O)c3ccc4c(c3)NC(=O)CO4)CC2)s1. The van der Waals surface area contributed by atoms with Crippen molar-refractivity contribution in [2.24, 2.45) is 0 Å². The van der Waals surface area contributed by atoms with E-state index in [-0.39, 0.29) is 36.4 Å². The third-order valence-electron chi connectivity index (χ3n) is 4.70. The summed E-state index contributed by atoms with van der Waals surface area (Å²) in [7, 11) is -3.73. The Bertz CT molecular complexity index is 1040. The van der Waals surface area contributed by atoms with Crippen LogP contribution in [0, 0.1) is 6.92 Å². The van der Waals surface area contributed by atoms with Gasteiger partial charge in [0.25, 0.3) is 11.8 Å². The number of piperazine rings is 1. The highest BCUT2D eigenvalue weighted by molar-refractivity contribution is 7.89. The maximum Gasteiger partial charge on any atom is 0.264 e. The van der Waals surface area contributed by atoms with Crippen molar-refractivity contribution in [3.63, 3.8) is 0 Å². The number of amides is 2. The number of hydrogen-bond donors (Lipinski definition) is 1. The fourth-order valence-corrected chi connectivity index (χ4v) is 5.49. The van der Waals surface area contributed by atoms with E-state index in [0.29, 0.717) is 29.4 Å². The third kappa shape index (κ3) is 3.50. The Labute approximate surface area is 166 Å². The van der Waals surface area contributed by atoms with E-state index in [1.165, 1.54) is 27.8 Å². The van der Waals surface area contributed by atoms with Gasteiger partial charge in [-0.3, -0.25) is 9.59 Å². The maximum atomic E-state index is 13.0. The summed E-state index contributed by atoms with van der Waals surface area (Å²) in [6.45, 7) is 2.97. The average molecular weight is 422 g/mol. The molecule has 8 nitrogen and oxygen atoms in total. The summed E-state index contributed by atoms with van der Waals surface area (Å²) in [5, 5.41) is 2.62. The van der Waals surface area contributed by atoms with Gasteiger partial charge in [0.15, 0.2) is 6.61 Å². The lowest BCUT2D eigenvalue weighted by atomic mass is 10.2. The number of rotatable bonds is 3. The first-order valence-electron chi connectivity index (χ1n) is 8.77. The van der Waals surface area contributed by atoms with Crippen LogP contribution >= 0.6 is 11.3 Å². The highest BCUT2D eigenvalue weighted by Gasteiger charge is 2.31. The van der Waals surface area contributed by atoms with E-state index in [0.717, 1.165) is 4.88 Å². The second kappa shape index (κ2) is 7.19. The Morgan fingerprint density at radius 1 is 1.14 bits per heavy atom. The third-order valence-corrected chi connectivity index (χ3v) is 7.58. The number of fused-ring (bicyclic) bond motifs is 1. The van der Waals surface area contributed by atoms with Crippen molar-refractivity contribution < 1.29 is 22.7 Å². The summed E-state index contributed by atoms with van der Waals surface area (Å²) in [6.07, 6.45) is 0. The van der Waals surface area contributed by atoms with Gasteiger partial charge in [-0.05, 0) is 37.3 Å². The predicted octanol–water partition coefficient (Wildman–Crippen LogP) is 1.53. The van der Waals surface area contributed by atoms with E-state index in [1.807, 2.05) is 13.0 Å². The fraction of sp³-hybridized carbons (Fsp3) is 0.333. The molecule has 10 heteroatoms. The Balaban J connectivity index is 1.47. The second-order valence-electron chi connectivity index (χ2n) is 6.60. The summed E-state index contributed by atoms with van der Waals surface area (Å²) in [6, 6.07) is 8.12. The minimum absolute atomic E-state index is 0.0659. The number of sulfonamides is 1. The molecular formula is C18H19N3O5S2. The zero-order valence-corrected chi connectivity index (χ0v) is 16.8. The van der Waals surface area contributed by atoms with Crippen LogP contribution in [0.2, 0.25) is 0 Å². The van der Waals surface area contributed by atoms with Crippen molar-refractivity contribution in [2.75, 3.05) is 38.1 Å². The van der Waals surface area contributed by atoms with Crippen molar-refractivity contribution in [3.05, 3.63) is 40.1 Å². The van der Waals surface area contributed by atoms with Gasteiger partial charge < -0.3 is 15.0 Å². The van der Waals surface area contributed by atoms with Crippen LogP contribution in [0.5, 0.6) is 5.75 Å². The van der Waals surface area contributed by atoms with Gasteiger partial charge >= 0.3 is 0 Å². The first kappa shape index (κ1) is 18.9. The summed E-state index contributed by atoms with van der Waals surface area (Å²) >= 11 is 1.44. The van der Waals surface area contributed by atoms with Crippen LogP contribution in [-0.2, 0) is 14.8 Å². The van der Waals surface area contributed by atoms with Crippen LogP contribution in [0.15, 0.2) is 35.2 Å². The number of aryl methyl sites for hydroxylation is 1. The van der Waals surface area contributed by atoms with Gasteiger partial charge in [-0.1, -0.05) is 0 Å². The molecule has 0 atom stereocenters. The quantitative estimate of drug-likeness (QED) is 0.811. The minimum Gasteiger partial charge on any atom is -0.482 e. The van der Waals surface area contributed by atoms with Gasteiger partial charge in [0.1, 0.15) is 5.75 Å². The molecule has 28 heavy (non-hydrogen) atoms. The van der Waals surface area contributed by atoms with E-state index in [2.05, 4.69) is 5.32 Å². The minimum atomic E-state index is -3.73. The molecule has 1 aromatic heterocycles. The van der Waals surface area contributed by atoms with Crippen LogP contribution in [0.25, 0.3) is 0 Å². The topological polar surface area (TPSA) is 96.0 Å². The zero-order chi connectivity index (χ0) is 19.9. The number of benzene rings is 1. The molecule has 148 valence electrons. The largest absolute Gasteiger partial charge is 0.482 e. The second-order valence-corrected chi connectivity index (χ2v) is 9.83. The average Bonchev–Trinajstić information content (AvgIpc) is 3.13. The van der Waals surface area contributed by atoms with Gasteiger partial charge in [0.2, 0.25) is 10.0 Å². The summed E-state index contributed by atoms with van der Waals surface area (Å²) in [5.41, 5.74) is 0.346. The van der Waals surface area contributed by atoms with Crippen molar-refractivity contribution in [3.8, 4) is 5.75 Å². The number of carbonyl (C=O) groups is 2. The molecule has 4 rings (SSSR count). The van der Waals surface area contributed by atoms with Crippen LogP contribution in [0.4, 0.5) is 5.69 Å². The van der Waals surface area contributed by atoms with Crippen LogP contribution in [-0.4, -0.2) is 62.2 Å². The van der Waals surface area contributed by atoms with Crippen molar-refractivity contribution in [1.29, 1.82) is 0 Å². The van der Waals surface area contributed by atoms with E-state index in [9.17, 15) is 18.0 Å². The maximum absolute atomic E-state index is 13.0. The van der Waals surface area contributed by atoms with Crippen LogP contribution < -0.4 is 10.1 Å². The highest BCUT2D eigenvalue weighted by atomic mass is 32.2. The lowest BCUT2D eigenvalue weighted by molar-refractivity contribution is -0.118. The molecule has 0 bridgehead atoms. The number of carbonyl (C=O) groups excluding carboxylic acids is 2. The molecule has 1 N–H and O–H groups in total. The molecule has 1 fully saturated rings. The molecule has 0 saturated carbocycles. The Morgan fingerprint density at radius 3 is 2.57 bits per heavy atom. The van der Waals surface area contributed by atoms with E-state index >= 15 is 0 Å². The Morgan fingerprint density at radius 2 is 1.89 bits per heavy atom. The van der Waals surface area contributed by atoms with E-state index in [4.69, 9.17) is 4.74 Å². The molecule has 2 amide bonds. The summed E-state index contributed by atoms with van der Waals surface area (Å²) in [5.74, 6) is 0.0574. The molecule has 2 aromatic rings. The number of nitrogens with zero attached hydrogens (tertiary/aromatic N) is 2. The number of thiophene rings is 1. The number of ether oxygens (including phenoxy) is 1.